The van der Waals surface area contributed by atoms with Gasteiger partial charge in [-0.2, -0.15) is 26.3 Å². The monoisotopic (exact) mass is 532 g/mol. The average Bonchev–Trinajstić information content (AvgIpc) is 3.07. The third kappa shape index (κ3) is 6.15. The molecule has 0 saturated carbocycles. The fraction of sp³-hybridized carbons (Fsp3) is 0.375. The van der Waals surface area contributed by atoms with Crippen molar-refractivity contribution >= 4 is 23.6 Å². The van der Waals surface area contributed by atoms with Gasteiger partial charge in [0, 0.05) is 5.69 Å². The summed E-state index contributed by atoms with van der Waals surface area (Å²) in [6, 6.07) is 5.52. The lowest BCUT2D eigenvalue weighted by molar-refractivity contribution is -0.160. The molecule has 7 nitrogen and oxygen atoms in total. The average molecular weight is 532 g/mol. The first-order chi connectivity index (χ1) is 17.0. The predicted molar refractivity (Wildman–Crippen MR) is 118 cm³/mol. The van der Waals surface area contributed by atoms with Gasteiger partial charge in [-0.3, -0.25) is 14.6 Å². The van der Waals surface area contributed by atoms with Crippen LogP contribution in [0.25, 0.3) is 0 Å². The molecule has 1 fully saturated rings. The summed E-state index contributed by atoms with van der Waals surface area (Å²) >= 11 is 0. The molecule has 1 heterocycles. The number of rotatable bonds is 7. The van der Waals surface area contributed by atoms with Crippen molar-refractivity contribution in [1.82, 2.24) is 4.90 Å². The highest BCUT2D eigenvalue weighted by Gasteiger charge is 2.41. The van der Waals surface area contributed by atoms with Crippen LogP contribution in [0.3, 0.4) is 0 Å². The molecule has 0 radical (unpaired) electrons. The summed E-state index contributed by atoms with van der Waals surface area (Å²) in [4.78, 5) is 38.9. The standard InChI is InChI=1S/C24H22F6N2O5/c1-4-36-20(34)22(2,3)37-18-10-5-14(11-17(18)24(28,29)30)12-32-19(33)13-31(21(32)35)16-8-6-15(7-9-16)23(25,26)27/h5-11H,4,12-13H2,1-3H3. The molecule has 1 aliphatic rings. The third-order valence-corrected chi connectivity index (χ3v) is 5.38. The second kappa shape index (κ2) is 9.94. The van der Waals surface area contributed by atoms with Gasteiger partial charge in [0.1, 0.15) is 12.3 Å². The van der Waals surface area contributed by atoms with E-state index in [1.165, 1.54) is 26.8 Å². The van der Waals surface area contributed by atoms with Crippen molar-refractivity contribution in [3.05, 3.63) is 59.2 Å². The minimum absolute atomic E-state index is 0.00191. The van der Waals surface area contributed by atoms with Crippen molar-refractivity contribution in [3.63, 3.8) is 0 Å². The van der Waals surface area contributed by atoms with E-state index in [-0.39, 0.29) is 17.9 Å². The molecule has 0 bridgehead atoms. The molecule has 1 aliphatic heterocycles. The molecule has 0 spiro atoms. The Morgan fingerprint density at radius 3 is 2.11 bits per heavy atom. The summed E-state index contributed by atoms with van der Waals surface area (Å²) in [5.41, 5.74) is -3.96. The number of alkyl halides is 6. The van der Waals surface area contributed by atoms with Crippen molar-refractivity contribution in [2.75, 3.05) is 18.1 Å². The van der Waals surface area contributed by atoms with Gasteiger partial charge in [0.05, 0.1) is 24.3 Å². The number of carbonyl (C=O) groups is 3. The number of benzene rings is 2. The van der Waals surface area contributed by atoms with Gasteiger partial charge in [-0.25, -0.2) is 9.59 Å². The van der Waals surface area contributed by atoms with E-state index in [0.29, 0.717) is 11.0 Å². The summed E-state index contributed by atoms with van der Waals surface area (Å²) in [6.07, 6.45) is -9.49. The first-order valence-electron chi connectivity index (χ1n) is 10.9. The van der Waals surface area contributed by atoms with Crippen molar-refractivity contribution < 1.29 is 50.2 Å². The number of carbonyl (C=O) groups excluding carboxylic acids is 3. The Hall–Kier alpha value is -3.77. The number of hydrogen-bond acceptors (Lipinski definition) is 5. The molecule has 0 N–H and O–H groups in total. The highest BCUT2D eigenvalue weighted by Crippen LogP contribution is 2.39. The van der Waals surface area contributed by atoms with Crippen molar-refractivity contribution in [1.29, 1.82) is 0 Å². The Morgan fingerprint density at radius 1 is 0.946 bits per heavy atom. The molecule has 0 atom stereocenters. The molecule has 1 saturated heterocycles. The molecule has 0 aliphatic carbocycles. The lowest BCUT2D eigenvalue weighted by atomic mass is 10.1. The van der Waals surface area contributed by atoms with Gasteiger partial charge in [-0.1, -0.05) is 6.07 Å². The first kappa shape index (κ1) is 27.8. The van der Waals surface area contributed by atoms with Crippen LogP contribution in [0.2, 0.25) is 0 Å². The van der Waals surface area contributed by atoms with Crippen LogP contribution in [0.1, 0.15) is 37.5 Å². The van der Waals surface area contributed by atoms with E-state index in [2.05, 4.69) is 0 Å². The maximum Gasteiger partial charge on any atom is 0.419 e. The molecule has 37 heavy (non-hydrogen) atoms. The Balaban J connectivity index is 1.84. The quantitative estimate of drug-likeness (QED) is 0.271. The molecule has 0 aromatic heterocycles. The van der Waals surface area contributed by atoms with E-state index < -0.39 is 65.8 Å². The molecule has 13 heteroatoms. The van der Waals surface area contributed by atoms with E-state index in [9.17, 15) is 40.7 Å². The van der Waals surface area contributed by atoms with Crippen LogP contribution in [0.5, 0.6) is 5.75 Å². The third-order valence-electron chi connectivity index (χ3n) is 5.38. The van der Waals surface area contributed by atoms with E-state index in [4.69, 9.17) is 9.47 Å². The van der Waals surface area contributed by atoms with Crippen LogP contribution >= 0.6 is 0 Å². The zero-order valence-electron chi connectivity index (χ0n) is 19.9. The lowest BCUT2D eigenvalue weighted by Gasteiger charge is -2.26. The normalized spacial score (nSPS) is 14.8. The fourth-order valence-corrected chi connectivity index (χ4v) is 3.52. The topological polar surface area (TPSA) is 76.2 Å². The zero-order valence-corrected chi connectivity index (χ0v) is 19.9. The summed E-state index contributed by atoms with van der Waals surface area (Å²) < 4.78 is 89.9. The Bertz CT molecular complexity index is 1190. The van der Waals surface area contributed by atoms with Crippen LogP contribution in [-0.2, 0) is 33.2 Å². The second-order valence-corrected chi connectivity index (χ2v) is 8.55. The molecule has 3 rings (SSSR count). The second-order valence-electron chi connectivity index (χ2n) is 8.55. The van der Waals surface area contributed by atoms with E-state index in [0.717, 1.165) is 35.2 Å². The van der Waals surface area contributed by atoms with E-state index in [1.807, 2.05) is 0 Å². The smallest absolute Gasteiger partial charge is 0.419 e. The number of imide groups is 1. The maximum absolute atomic E-state index is 13.8. The van der Waals surface area contributed by atoms with Crippen LogP contribution in [0.4, 0.5) is 36.8 Å². The molecule has 2 aromatic rings. The van der Waals surface area contributed by atoms with E-state index >= 15 is 0 Å². The first-order valence-corrected chi connectivity index (χ1v) is 10.9. The number of halogens is 6. The van der Waals surface area contributed by atoms with Gasteiger partial charge in [-0.15, -0.1) is 0 Å². The van der Waals surface area contributed by atoms with Crippen molar-refractivity contribution in [2.45, 2.75) is 45.3 Å². The number of nitrogens with zero attached hydrogens (tertiary/aromatic N) is 2. The molecule has 0 unspecified atom stereocenters. The van der Waals surface area contributed by atoms with Gasteiger partial charge in [0.15, 0.2) is 5.60 Å². The SMILES string of the molecule is CCOC(=O)C(C)(C)Oc1ccc(CN2C(=O)CN(c3ccc(C(F)(F)F)cc3)C2=O)cc1C(F)(F)F. The van der Waals surface area contributed by atoms with Crippen LogP contribution in [-0.4, -0.2) is 41.6 Å². The Morgan fingerprint density at radius 2 is 1.57 bits per heavy atom. The number of amides is 3. The summed E-state index contributed by atoms with van der Waals surface area (Å²) in [7, 11) is 0. The molecular weight excluding hydrogens is 510 g/mol. The largest absolute Gasteiger partial charge is 0.476 e. The number of hydrogen-bond donors (Lipinski definition) is 0. The highest BCUT2D eigenvalue weighted by molar-refractivity contribution is 6.12. The fourth-order valence-electron chi connectivity index (χ4n) is 3.52. The predicted octanol–water partition coefficient (Wildman–Crippen LogP) is 5.41. The number of ether oxygens (including phenoxy) is 2. The summed E-state index contributed by atoms with van der Waals surface area (Å²) in [6.45, 7) is 3.00. The zero-order chi connectivity index (χ0) is 27.8. The maximum atomic E-state index is 13.8. The Kier molecular flexibility index (Phi) is 7.47. The van der Waals surface area contributed by atoms with E-state index in [1.54, 1.807) is 0 Å². The highest BCUT2D eigenvalue weighted by atomic mass is 19.4. The Labute approximate surface area is 207 Å². The number of urea groups is 1. The van der Waals surface area contributed by atoms with Gasteiger partial charge in [-0.05, 0) is 62.7 Å². The minimum Gasteiger partial charge on any atom is -0.476 e. The summed E-state index contributed by atoms with van der Waals surface area (Å²) in [5.74, 6) is -2.27. The van der Waals surface area contributed by atoms with Crippen molar-refractivity contribution in [2.24, 2.45) is 0 Å². The van der Waals surface area contributed by atoms with Gasteiger partial charge < -0.3 is 9.47 Å². The number of esters is 1. The van der Waals surface area contributed by atoms with Gasteiger partial charge >= 0.3 is 24.4 Å². The molecule has 200 valence electrons. The van der Waals surface area contributed by atoms with Crippen LogP contribution in [0.15, 0.2) is 42.5 Å². The molecular formula is C24H22F6N2O5. The number of anilines is 1. The minimum atomic E-state index is -4.90. The van der Waals surface area contributed by atoms with Gasteiger partial charge in [0.2, 0.25) is 0 Å². The van der Waals surface area contributed by atoms with Crippen molar-refractivity contribution in [3.8, 4) is 5.75 Å². The van der Waals surface area contributed by atoms with Crippen LogP contribution < -0.4 is 9.64 Å². The molecule has 2 aromatic carbocycles. The molecule has 3 amide bonds. The van der Waals surface area contributed by atoms with Gasteiger partial charge in [0.25, 0.3) is 5.91 Å². The van der Waals surface area contributed by atoms with Crippen LogP contribution in [0, 0.1) is 0 Å². The summed E-state index contributed by atoms with van der Waals surface area (Å²) in [5, 5.41) is 0. The lowest BCUT2D eigenvalue weighted by Crippen LogP contribution is -2.40.